The van der Waals surface area contributed by atoms with Crippen molar-refractivity contribution in [2.24, 2.45) is 5.10 Å². The fraction of sp³-hybridized carbons (Fsp3) is 0.182. The summed E-state index contributed by atoms with van der Waals surface area (Å²) < 4.78 is 11.6. The minimum atomic E-state index is -0.283. The van der Waals surface area contributed by atoms with Crippen LogP contribution >= 0.6 is 0 Å². The molecule has 2 aliphatic rings. The van der Waals surface area contributed by atoms with Crippen LogP contribution in [0.5, 0.6) is 11.5 Å². The van der Waals surface area contributed by atoms with Gasteiger partial charge in [0.2, 0.25) is 6.23 Å². The van der Waals surface area contributed by atoms with Gasteiger partial charge in [-0.05, 0) is 42.0 Å². The Hall–Kier alpha value is -3.34. The summed E-state index contributed by atoms with van der Waals surface area (Å²) in [5, 5.41) is 7.02. The van der Waals surface area contributed by atoms with Crippen LogP contribution in [0.1, 0.15) is 35.4 Å². The van der Waals surface area contributed by atoms with Crippen molar-refractivity contribution in [1.29, 1.82) is 0 Å². The van der Waals surface area contributed by atoms with Gasteiger partial charge >= 0.3 is 0 Å². The third-order valence-electron chi connectivity index (χ3n) is 5.09. The number of hydrogen-bond acceptors (Lipinski definition) is 5. The topological polar surface area (TPSA) is 47.0 Å². The van der Waals surface area contributed by atoms with Crippen molar-refractivity contribution in [1.82, 2.24) is 9.99 Å². The minimum absolute atomic E-state index is 0.150. The zero-order valence-electron chi connectivity index (χ0n) is 14.9. The summed E-state index contributed by atoms with van der Waals surface area (Å²) in [7, 11) is 1.68. The molecule has 1 aromatic heterocycles. The van der Waals surface area contributed by atoms with E-state index in [9.17, 15) is 0 Å². The predicted octanol–water partition coefficient (Wildman–Crippen LogP) is 4.33. The first kappa shape index (κ1) is 15.9. The molecule has 0 unspecified atom stereocenters. The monoisotopic (exact) mass is 357 g/mol. The van der Waals surface area contributed by atoms with E-state index in [0.29, 0.717) is 0 Å². The van der Waals surface area contributed by atoms with E-state index in [1.165, 1.54) is 5.56 Å². The van der Waals surface area contributed by atoms with E-state index in [1.54, 1.807) is 13.3 Å². The number of pyridine rings is 1. The highest BCUT2D eigenvalue weighted by atomic mass is 16.5. The molecule has 5 nitrogen and oxygen atoms in total. The molecule has 2 aromatic carbocycles. The smallest absolute Gasteiger partial charge is 0.215 e. The van der Waals surface area contributed by atoms with E-state index in [4.69, 9.17) is 14.6 Å². The molecule has 2 aliphatic heterocycles. The van der Waals surface area contributed by atoms with Crippen LogP contribution in [0.25, 0.3) is 0 Å². The molecule has 0 fully saturated rings. The SMILES string of the molecule is COc1ccc(C2=NN3[C@H](C2)c2ccccc2O[C@H]3c2cccnc2)cc1. The number of rotatable bonds is 3. The number of nitrogens with zero attached hydrogens (tertiary/aromatic N) is 3. The Labute approximate surface area is 157 Å². The Balaban J connectivity index is 1.56. The van der Waals surface area contributed by atoms with Gasteiger partial charge in [0, 0.05) is 29.9 Å². The zero-order chi connectivity index (χ0) is 18.2. The number of benzene rings is 2. The summed E-state index contributed by atoms with van der Waals surface area (Å²) in [6.07, 6.45) is 4.17. The second-order valence-corrected chi connectivity index (χ2v) is 6.67. The summed E-state index contributed by atoms with van der Waals surface area (Å²) >= 11 is 0. The average molecular weight is 357 g/mol. The summed E-state index contributed by atoms with van der Waals surface area (Å²) in [4.78, 5) is 4.26. The van der Waals surface area contributed by atoms with E-state index in [0.717, 1.165) is 34.8 Å². The molecule has 0 N–H and O–H groups in total. The second kappa shape index (κ2) is 6.43. The zero-order valence-corrected chi connectivity index (χ0v) is 14.9. The lowest BCUT2D eigenvalue weighted by atomic mass is 9.96. The molecule has 134 valence electrons. The third kappa shape index (κ3) is 2.72. The molecule has 0 radical (unpaired) electrons. The van der Waals surface area contributed by atoms with E-state index < -0.39 is 0 Å². The maximum absolute atomic E-state index is 6.31. The molecule has 5 heteroatoms. The highest BCUT2D eigenvalue weighted by Crippen LogP contribution is 2.47. The third-order valence-corrected chi connectivity index (χ3v) is 5.09. The van der Waals surface area contributed by atoms with Gasteiger partial charge in [0.25, 0.3) is 0 Å². The Morgan fingerprint density at radius 2 is 1.89 bits per heavy atom. The molecule has 5 rings (SSSR count). The molecule has 3 aromatic rings. The number of methoxy groups -OCH3 is 1. The molecule has 3 heterocycles. The summed E-state index contributed by atoms with van der Waals surface area (Å²) in [6.45, 7) is 0. The summed E-state index contributed by atoms with van der Waals surface area (Å²) in [6, 6.07) is 20.4. The van der Waals surface area contributed by atoms with Crippen molar-refractivity contribution in [3.8, 4) is 11.5 Å². The normalized spacial score (nSPS) is 20.3. The maximum Gasteiger partial charge on any atom is 0.215 e. The van der Waals surface area contributed by atoms with Crippen LogP contribution in [0.15, 0.2) is 78.2 Å². The first-order valence-corrected chi connectivity index (χ1v) is 8.99. The van der Waals surface area contributed by atoms with Crippen LogP contribution in [-0.4, -0.2) is 22.8 Å². The van der Waals surface area contributed by atoms with Crippen LogP contribution in [-0.2, 0) is 0 Å². The van der Waals surface area contributed by atoms with Gasteiger partial charge in [0.15, 0.2) is 0 Å². The van der Waals surface area contributed by atoms with E-state index in [1.807, 2.05) is 42.6 Å². The maximum atomic E-state index is 6.31. The molecule has 0 aliphatic carbocycles. The molecule has 0 bridgehead atoms. The molecule has 27 heavy (non-hydrogen) atoms. The van der Waals surface area contributed by atoms with Crippen LogP contribution < -0.4 is 9.47 Å². The van der Waals surface area contributed by atoms with Crippen molar-refractivity contribution in [3.63, 3.8) is 0 Å². The highest BCUT2D eigenvalue weighted by molar-refractivity contribution is 6.02. The van der Waals surface area contributed by atoms with Gasteiger partial charge in [-0.15, -0.1) is 0 Å². The molecule has 0 spiro atoms. The lowest BCUT2D eigenvalue weighted by Crippen LogP contribution is -2.33. The largest absolute Gasteiger partial charge is 0.497 e. The lowest BCUT2D eigenvalue weighted by molar-refractivity contribution is -0.0192. The number of ether oxygens (including phenoxy) is 2. The quantitative estimate of drug-likeness (QED) is 0.700. The molecular weight excluding hydrogens is 338 g/mol. The Kier molecular flexibility index (Phi) is 3.78. The van der Waals surface area contributed by atoms with E-state index in [2.05, 4.69) is 34.3 Å². The number of fused-ring (bicyclic) bond motifs is 3. The Bertz CT molecular complexity index is 986. The molecular formula is C22H19N3O2. The van der Waals surface area contributed by atoms with Crippen LogP contribution in [0, 0.1) is 0 Å². The standard InChI is InChI=1S/C22H19N3O2/c1-26-17-10-8-15(9-11-17)19-13-20-18-6-2-3-7-21(18)27-22(25(20)24-19)16-5-4-12-23-14-16/h2-12,14,20,22H,13H2,1H3/t20-,22+/m1/s1. The van der Waals surface area contributed by atoms with Crippen molar-refractivity contribution in [3.05, 3.63) is 89.7 Å². The molecule has 0 saturated heterocycles. The number of hydrogen-bond donors (Lipinski definition) is 0. The summed E-state index contributed by atoms with van der Waals surface area (Å²) in [5.74, 6) is 1.76. The second-order valence-electron chi connectivity index (χ2n) is 6.67. The van der Waals surface area contributed by atoms with Crippen molar-refractivity contribution in [2.75, 3.05) is 7.11 Å². The number of aromatic nitrogens is 1. The lowest BCUT2D eigenvalue weighted by Gasteiger charge is -2.38. The van der Waals surface area contributed by atoms with Crippen molar-refractivity contribution in [2.45, 2.75) is 18.7 Å². The Morgan fingerprint density at radius 3 is 2.67 bits per heavy atom. The van der Waals surface area contributed by atoms with Crippen LogP contribution in [0.4, 0.5) is 0 Å². The summed E-state index contributed by atoms with van der Waals surface area (Å²) in [5.41, 5.74) is 4.33. The molecule has 0 saturated carbocycles. The molecule has 2 atom stereocenters. The predicted molar refractivity (Wildman–Crippen MR) is 103 cm³/mol. The van der Waals surface area contributed by atoms with E-state index >= 15 is 0 Å². The van der Waals surface area contributed by atoms with Gasteiger partial charge in [0.1, 0.15) is 11.5 Å². The van der Waals surface area contributed by atoms with Gasteiger partial charge in [-0.25, -0.2) is 5.01 Å². The van der Waals surface area contributed by atoms with Crippen molar-refractivity contribution >= 4 is 5.71 Å². The van der Waals surface area contributed by atoms with Gasteiger partial charge in [0.05, 0.1) is 18.9 Å². The number of para-hydroxylation sites is 1. The fourth-order valence-corrected chi connectivity index (χ4v) is 3.73. The Morgan fingerprint density at radius 1 is 1.04 bits per heavy atom. The van der Waals surface area contributed by atoms with Gasteiger partial charge in [-0.2, -0.15) is 5.10 Å². The van der Waals surface area contributed by atoms with Crippen LogP contribution in [0.2, 0.25) is 0 Å². The highest BCUT2D eigenvalue weighted by Gasteiger charge is 2.40. The fourth-order valence-electron chi connectivity index (χ4n) is 3.73. The van der Waals surface area contributed by atoms with Gasteiger partial charge in [-0.1, -0.05) is 24.3 Å². The number of hydrazone groups is 1. The van der Waals surface area contributed by atoms with Crippen molar-refractivity contribution < 1.29 is 9.47 Å². The van der Waals surface area contributed by atoms with Crippen LogP contribution in [0.3, 0.4) is 0 Å². The van der Waals surface area contributed by atoms with Gasteiger partial charge < -0.3 is 9.47 Å². The first-order valence-electron chi connectivity index (χ1n) is 8.99. The minimum Gasteiger partial charge on any atom is -0.497 e. The van der Waals surface area contributed by atoms with Gasteiger partial charge in [-0.3, -0.25) is 4.98 Å². The van der Waals surface area contributed by atoms with E-state index in [-0.39, 0.29) is 12.3 Å². The average Bonchev–Trinajstić information content (AvgIpc) is 3.19. The molecule has 0 amide bonds. The first-order chi connectivity index (χ1) is 13.3.